The lowest BCUT2D eigenvalue weighted by atomic mass is 10.1. The van der Waals surface area contributed by atoms with E-state index in [1.807, 2.05) is 72.8 Å². The fourth-order valence-electron chi connectivity index (χ4n) is 3.38. The van der Waals surface area contributed by atoms with E-state index in [2.05, 4.69) is 15.1 Å². The molecular weight excluding hydrogens is 436 g/mol. The number of rotatable bonds is 9. The van der Waals surface area contributed by atoms with Gasteiger partial charge in [-0.3, -0.25) is 4.79 Å². The minimum absolute atomic E-state index is 0.00419. The zero-order valence-corrected chi connectivity index (χ0v) is 18.7. The summed E-state index contributed by atoms with van der Waals surface area (Å²) in [6.45, 7) is 0.219. The third kappa shape index (κ3) is 5.94. The van der Waals surface area contributed by atoms with Crippen molar-refractivity contribution < 1.29 is 13.2 Å². The van der Waals surface area contributed by atoms with Crippen LogP contribution in [0.1, 0.15) is 15.9 Å². The van der Waals surface area contributed by atoms with Crippen LogP contribution in [-0.4, -0.2) is 36.4 Å². The maximum absolute atomic E-state index is 12.6. The van der Waals surface area contributed by atoms with Gasteiger partial charge in [-0.2, -0.15) is 5.10 Å². The number of nitrogens with one attached hydrogen (secondary N) is 2. The molecule has 0 saturated carbocycles. The zero-order valence-electron chi connectivity index (χ0n) is 17.9. The predicted molar refractivity (Wildman–Crippen MR) is 128 cm³/mol. The number of hydrogen-bond acceptors (Lipinski definition) is 4. The Bertz CT molecular complexity index is 1320. The molecule has 168 valence electrons. The van der Waals surface area contributed by atoms with Gasteiger partial charge in [-0.1, -0.05) is 66.7 Å². The molecule has 7 nitrogen and oxygen atoms in total. The first-order valence-corrected chi connectivity index (χ1v) is 12.2. The van der Waals surface area contributed by atoms with E-state index in [4.69, 9.17) is 0 Å². The van der Waals surface area contributed by atoms with Gasteiger partial charge in [0, 0.05) is 24.2 Å². The van der Waals surface area contributed by atoms with E-state index in [0.717, 1.165) is 22.5 Å². The standard InChI is InChI=1S/C25H24N4O3S/c30-25(26-16-17-33(31,32)28-19-20-8-3-1-4-9-20)22-12-7-13-23(18-22)29-24(14-15-27-29)21-10-5-2-6-11-21/h1-15,18,28H,16-17,19H2,(H,26,30). The molecule has 8 heteroatoms. The number of carbonyl (C=O) groups is 1. The van der Waals surface area contributed by atoms with E-state index in [1.54, 1.807) is 29.1 Å². The molecule has 1 amide bonds. The van der Waals surface area contributed by atoms with Crippen molar-refractivity contribution in [1.82, 2.24) is 19.8 Å². The highest BCUT2D eigenvalue weighted by Gasteiger charge is 2.13. The Morgan fingerprint density at radius 2 is 1.61 bits per heavy atom. The predicted octanol–water partition coefficient (Wildman–Crippen LogP) is 3.39. The van der Waals surface area contributed by atoms with Crippen LogP contribution in [0.5, 0.6) is 0 Å². The van der Waals surface area contributed by atoms with Crippen LogP contribution in [0.25, 0.3) is 16.9 Å². The summed E-state index contributed by atoms with van der Waals surface area (Å²) in [7, 11) is -3.52. The van der Waals surface area contributed by atoms with Crippen molar-refractivity contribution in [3.63, 3.8) is 0 Å². The fourth-order valence-corrected chi connectivity index (χ4v) is 4.28. The molecule has 0 fully saturated rings. The third-order valence-corrected chi connectivity index (χ3v) is 6.39. The maximum Gasteiger partial charge on any atom is 0.251 e. The molecule has 0 unspecified atom stereocenters. The van der Waals surface area contributed by atoms with E-state index in [1.165, 1.54) is 0 Å². The monoisotopic (exact) mass is 460 g/mol. The van der Waals surface area contributed by atoms with Crippen LogP contribution in [0.3, 0.4) is 0 Å². The van der Waals surface area contributed by atoms with Crippen molar-refractivity contribution >= 4 is 15.9 Å². The molecule has 33 heavy (non-hydrogen) atoms. The minimum atomic E-state index is -3.52. The summed E-state index contributed by atoms with van der Waals surface area (Å²) in [5.41, 5.74) is 3.96. The topological polar surface area (TPSA) is 93.1 Å². The van der Waals surface area contributed by atoms with E-state index in [9.17, 15) is 13.2 Å². The van der Waals surface area contributed by atoms with Gasteiger partial charge in [0.1, 0.15) is 0 Å². The largest absolute Gasteiger partial charge is 0.351 e. The number of carbonyl (C=O) groups excluding carboxylic acids is 1. The van der Waals surface area contributed by atoms with E-state index >= 15 is 0 Å². The molecule has 1 aromatic heterocycles. The normalized spacial score (nSPS) is 11.3. The number of nitrogens with zero attached hydrogens (tertiary/aromatic N) is 2. The zero-order chi connectivity index (χ0) is 23.1. The highest BCUT2D eigenvalue weighted by atomic mass is 32.2. The summed E-state index contributed by atoms with van der Waals surface area (Å²) >= 11 is 0. The van der Waals surface area contributed by atoms with Crippen LogP contribution in [-0.2, 0) is 16.6 Å². The summed E-state index contributed by atoms with van der Waals surface area (Å²) in [6, 6.07) is 28.1. The molecular formula is C25H24N4O3S. The third-order valence-electron chi connectivity index (χ3n) is 5.06. The van der Waals surface area contributed by atoms with Crippen LogP contribution < -0.4 is 10.0 Å². The van der Waals surface area contributed by atoms with Crippen molar-refractivity contribution in [1.29, 1.82) is 0 Å². The molecule has 4 aromatic rings. The van der Waals surface area contributed by atoms with Gasteiger partial charge in [-0.05, 0) is 29.8 Å². The molecule has 1 heterocycles. The molecule has 0 aliphatic rings. The Balaban J connectivity index is 1.37. The summed E-state index contributed by atoms with van der Waals surface area (Å²) < 4.78 is 28.8. The lowest BCUT2D eigenvalue weighted by Crippen LogP contribution is -2.34. The van der Waals surface area contributed by atoms with E-state index in [0.29, 0.717) is 5.56 Å². The minimum Gasteiger partial charge on any atom is -0.351 e. The smallest absolute Gasteiger partial charge is 0.251 e. The van der Waals surface area contributed by atoms with Crippen LogP contribution in [0.15, 0.2) is 97.2 Å². The first-order valence-electron chi connectivity index (χ1n) is 10.5. The Hall–Kier alpha value is -3.75. The second kappa shape index (κ2) is 10.2. The number of sulfonamides is 1. The molecule has 0 atom stereocenters. The van der Waals surface area contributed by atoms with Gasteiger partial charge in [0.25, 0.3) is 5.91 Å². The lowest BCUT2D eigenvalue weighted by molar-refractivity contribution is 0.0956. The average Bonchev–Trinajstić information content (AvgIpc) is 3.34. The fraction of sp³-hybridized carbons (Fsp3) is 0.120. The van der Waals surface area contributed by atoms with Gasteiger partial charge in [-0.15, -0.1) is 0 Å². The SMILES string of the molecule is O=C(NCCS(=O)(=O)NCc1ccccc1)c1cccc(-n2nccc2-c2ccccc2)c1. The molecule has 0 spiro atoms. The maximum atomic E-state index is 12.6. The Morgan fingerprint density at radius 3 is 2.36 bits per heavy atom. The van der Waals surface area contributed by atoms with Crippen molar-refractivity contribution in [2.24, 2.45) is 0 Å². The molecule has 0 saturated heterocycles. The van der Waals surface area contributed by atoms with Crippen LogP contribution in [0, 0.1) is 0 Å². The molecule has 3 aromatic carbocycles. The average molecular weight is 461 g/mol. The molecule has 0 radical (unpaired) electrons. The van der Waals surface area contributed by atoms with Crippen LogP contribution in [0.4, 0.5) is 0 Å². The van der Waals surface area contributed by atoms with Gasteiger partial charge in [-0.25, -0.2) is 17.8 Å². The lowest BCUT2D eigenvalue weighted by Gasteiger charge is -2.11. The van der Waals surface area contributed by atoms with E-state index in [-0.39, 0.29) is 24.7 Å². The van der Waals surface area contributed by atoms with Gasteiger partial charge < -0.3 is 5.32 Å². The molecule has 4 rings (SSSR count). The molecule has 0 aliphatic carbocycles. The first-order chi connectivity index (χ1) is 16.0. The summed E-state index contributed by atoms with van der Waals surface area (Å²) in [6.07, 6.45) is 1.71. The molecule has 0 bridgehead atoms. The number of hydrogen-bond donors (Lipinski definition) is 2. The summed E-state index contributed by atoms with van der Waals surface area (Å²) in [5, 5.41) is 7.08. The summed E-state index contributed by atoms with van der Waals surface area (Å²) in [4.78, 5) is 12.6. The number of benzene rings is 3. The second-order valence-corrected chi connectivity index (χ2v) is 9.35. The van der Waals surface area contributed by atoms with Crippen molar-refractivity contribution in [2.75, 3.05) is 12.3 Å². The Labute approximate surface area is 193 Å². The quantitative estimate of drug-likeness (QED) is 0.400. The van der Waals surface area contributed by atoms with Crippen molar-refractivity contribution in [2.45, 2.75) is 6.54 Å². The van der Waals surface area contributed by atoms with Gasteiger partial charge in [0.2, 0.25) is 10.0 Å². The Kier molecular flexibility index (Phi) is 6.97. The highest BCUT2D eigenvalue weighted by Crippen LogP contribution is 2.22. The second-order valence-electron chi connectivity index (χ2n) is 7.43. The molecule has 2 N–H and O–H groups in total. The summed E-state index contributed by atoms with van der Waals surface area (Å²) in [5.74, 6) is -0.550. The van der Waals surface area contributed by atoms with Crippen molar-refractivity contribution in [3.8, 4) is 16.9 Å². The molecule has 0 aliphatic heterocycles. The number of amides is 1. The van der Waals surface area contributed by atoms with Crippen molar-refractivity contribution in [3.05, 3.63) is 108 Å². The van der Waals surface area contributed by atoms with Crippen LogP contribution in [0.2, 0.25) is 0 Å². The van der Waals surface area contributed by atoms with Crippen LogP contribution >= 0.6 is 0 Å². The van der Waals surface area contributed by atoms with Gasteiger partial charge in [0.05, 0.1) is 23.3 Å². The highest BCUT2D eigenvalue weighted by molar-refractivity contribution is 7.89. The first kappa shape index (κ1) is 22.4. The number of aromatic nitrogens is 2. The van der Waals surface area contributed by atoms with Gasteiger partial charge >= 0.3 is 0 Å². The Morgan fingerprint density at radius 1 is 0.879 bits per heavy atom. The van der Waals surface area contributed by atoms with Gasteiger partial charge in [0.15, 0.2) is 0 Å². The van der Waals surface area contributed by atoms with E-state index < -0.39 is 10.0 Å².